The maximum atomic E-state index is 2.60. The van der Waals surface area contributed by atoms with Crippen molar-refractivity contribution in [2.24, 2.45) is 5.92 Å². The maximum Gasteiger partial charge on any atom is 0.0582 e. The smallest absolute Gasteiger partial charge is 0.0582 e. The van der Waals surface area contributed by atoms with E-state index in [-0.39, 0.29) is 5.41 Å². The molecule has 0 saturated carbocycles. The van der Waals surface area contributed by atoms with E-state index in [9.17, 15) is 0 Å². The minimum absolute atomic E-state index is 0.105. The van der Waals surface area contributed by atoms with Crippen LogP contribution in [-0.2, 0) is 5.41 Å². The average molecular weight is 692 g/mol. The second kappa shape index (κ2) is 11.9. The number of rotatable bonds is 4. The van der Waals surface area contributed by atoms with Crippen molar-refractivity contribution in [3.63, 3.8) is 0 Å². The van der Waals surface area contributed by atoms with E-state index in [1.807, 2.05) is 0 Å². The molecule has 7 aromatic rings. The molecule has 3 aliphatic carbocycles. The van der Waals surface area contributed by atoms with Crippen molar-refractivity contribution in [3.8, 4) is 22.3 Å². The van der Waals surface area contributed by atoms with Gasteiger partial charge in [-0.2, -0.15) is 0 Å². The predicted octanol–water partition coefficient (Wildman–Crippen LogP) is 14.1. The number of fused-ring (bicyclic) bond motifs is 6. The Balaban J connectivity index is 1.22. The summed E-state index contributed by atoms with van der Waals surface area (Å²) in [7, 11) is 0. The van der Waals surface area contributed by atoms with Gasteiger partial charge in [0.05, 0.1) is 11.0 Å². The Hall–Kier alpha value is -6.18. The Morgan fingerprint density at radius 1 is 0.630 bits per heavy atom. The van der Waals surface area contributed by atoms with Crippen LogP contribution in [0.25, 0.3) is 71.7 Å². The first kappa shape index (κ1) is 31.4. The van der Waals surface area contributed by atoms with Crippen LogP contribution in [0.15, 0.2) is 181 Å². The van der Waals surface area contributed by atoms with Crippen LogP contribution in [0.2, 0.25) is 0 Å². The third-order valence-electron chi connectivity index (χ3n) is 12.6. The fourth-order valence-corrected chi connectivity index (χ4v) is 9.88. The van der Waals surface area contributed by atoms with Gasteiger partial charge in [-0.25, -0.2) is 0 Å². The highest BCUT2D eigenvalue weighted by molar-refractivity contribution is 6.16. The molecule has 0 saturated heterocycles. The minimum atomic E-state index is -0.105. The highest BCUT2D eigenvalue weighted by atomic mass is 15.0. The Labute approximate surface area is 317 Å². The van der Waals surface area contributed by atoms with Gasteiger partial charge >= 0.3 is 0 Å². The van der Waals surface area contributed by atoms with Crippen LogP contribution in [0.1, 0.15) is 49.8 Å². The van der Waals surface area contributed by atoms with Crippen LogP contribution in [0.3, 0.4) is 0 Å². The third kappa shape index (κ3) is 4.71. The lowest BCUT2D eigenvalue weighted by Gasteiger charge is -2.38. The molecule has 0 N–H and O–H groups in total. The van der Waals surface area contributed by atoms with Gasteiger partial charge in [-0.1, -0.05) is 141 Å². The van der Waals surface area contributed by atoms with Crippen LogP contribution in [-0.4, -0.2) is 4.57 Å². The number of benzene rings is 6. The van der Waals surface area contributed by atoms with Gasteiger partial charge in [0.15, 0.2) is 0 Å². The fraction of sp³-hybridized carbons (Fsp3) is 0.132. The molecular weight excluding hydrogens is 651 g/mol. The summed E-state index contributed by atoms with van der Waals surface area (Å²) in [6.07, 6.45) is 19.5. The molecule has 1 nitrogen and oxygen atoms in total. The molecule has 1 aliphatic heterocycles. The van der Waals surface area contributed by atoms with Crippen molar-refractivity contribution in [3.05, 3.63) is 198 Å². The molecule has 4 aliphatic rings. The lowest BCUT2D eigenvalue weighted by atomic mass is 9.70. The van der Waals surface area contributed by atoms with E-state index in [0.29, 0.717) is 5.92 Å². The quantitative estimate of drug-likeness (QED) is 0.173. The van der Waals surface area contributed by atoms with E-state index in [0.717, 1.165) is 19.3 Å². The molecule has 1 aromatic heterocycles. The van der Waals surface area contributed by atoms with Gasteiger partial charge in [0.1, 0.15) is 0 Å². The van der Waals surface area contributed by atoms with Crippen LogP contribution < -0.4 is 0 Å². The number of nitrogens with zero attached hydrogens (tertiary/aromatic N) is 1. The van der Waals surface area contributed by atoms with Gasteiger partial charge in [-0.15, -0.1) is 0 Å². The van der Waals surface area contributed by atoms with Gasteiger partial charge in [-0.3, -0.25) is 0 Å². The van der Waals surface area contributed by atoms with Crippen molar-refractivity contribution in [1.82, 2.24) is 4.57 Å². The third-order valence-corrected chi connectivity index (χ3v) is 12.6. The van der Waals surface area contributed by atoms with E-state index in [1.165, 1.54) is 99.5 Å². The first-order valence-electron chi connectivity index (χ1n) is 19.5. The largest absolute Gasteiger partial charge is 0.309 e. The number of hydrogen-bond acceptors (Lipinski definition) is 0. The Bertz CT molecular complexity index is 2900. The summed E-state index contributed by atoms with van der Waals surface area (Å²) in [6.45, 7) is 4.93. The van der Waals surface area contributed by atoms with E-state index >= 15 is 0 Å². The standard InChI is InChI=1S/C53H41N/c1-53(2)48-23-13-14-24-51(48)54-50-26-25-40(44-29-38-21-11-9-19-36(38)27-42(44)34-15-5-3-6-16-34)31-46(50)47-32-41(33-49(53)52(47)54)45-30-39-22-12-10-20-37(39)28-43(45)35-17-7-4-8-18-35/h3-12,14-22,24-27,29-33,37H,13,23,28H2,1-2H3. The Morgan fingerprint density at radius 2 is 1.33 bits per heavy atom. The van der Waals surface area contributed by atoms with E-state index in [4.69, 9.17) is 0 Å². The zero-order valence-corrected chi connectivity index (χ0v) is 30.8. The van der Waals surface area contributed by atoms with E-state index < -0.39 is 0 Å². The summed E-state index contributed by atoms with van der Waals surface area (Å²) in [5.41, 5.74) is 18.7. The molecule has 2 heterocycles. The zero-order valence-electron chi connectivity index (χ0n) is 30.8. The SMILES string of the molecule is CC1(C)C2=C(C=CCC2)n2c3ccc(-c4cc5ccccc5cc4-c4ccccc4)cc3c3cc(C4=C(c5ccccc5)CC5C=CC=CC5=C4)cc1c32. The summed E-state index contributed by atoms with van der Waals surface area (Å²) < 4.78 is 2.60. The van der Waals surface area contributed by atoms with Gasteiger partial charge < -0.3 is 4.57 Å². The van der Waals surface area contributed by atoms with Gasteiger partial charge in [0.25, 0.3) is 0 Å². The monoisotopic (exact) mass is 691 g/mol. The number of hydrogen-bond donors (Lipinski definition) is 0. The molecule has 0 spiro atoms. The average Bonchev–Trinajstić information content (AvgIpc) is 3.56. The zero-order chi connectivity index (χ0) is 36.0. The summed E-state index contributed by atoms with van der Waals surface area (Å²) in [5, 5.41) is 5.17. The highest BCUT2D eigenvalue weighted by Crippen LogP contribution is 2.52. The summed E-state index contributed by atoms with van der Waals surface area (Å²) in [6, 6.07) is 47.8. The topological polar surface area (TPSA) is 4.93 Å². The first-order valence-corrected chi connectivity index (χ1v) is 19.5. The lowest BCUT2D eigenvalue weighted by molar-refractivity contribution is 0.585. The van der Waals surface area contributed by atoms with Gasteiger partial charge in [0.2, 0.25) is 0 Å². The normalized spacial score (nSPS) is 18.4. The molecule has 1 heteroatoms. The minimum Gasteiger partial charge on any atom is -0.309 e. The summed E-state index contributed by atoms with van der Waals surface area (Å²) >= 11 is 0. The molecule has 11 rings (SSSR count). The van der Waals surface area contributed by atoms with Crippen LogP contribution in [0.5, 0.6) is 0 Å². The number of allylic oxidation sites excluding steroid dienone is 12. The van der Waals surface area contributed by atoms with E-state index in [1.54, 1.807) is 0 Å². The Morgan fingerprint density at radius 3 is 2.11 bits per heavy atom. The molecule has 0 fully saturated rings. The molecule has 0 bridgehead atoms. The molecule has 6 aromatic carbocycles. The molecule has 258 valence electrons. The second-order valence-electron chi connectivity index (χ2n) is 16.0. The van der Waals surface area contributed by atoms with Crippen molar-refractivity contribution in [2.45, 2.75) is 38.5 Å². The van der Waals surface area contributed by atoms with Crippen LogP contribution in [0.4, 0.5) is 0 Å². The fourth-order valence-electron chi connectivity index (χ4n) is 9.88. The molecule has 1 unspecified atom stereocenters. The van der Waals surface area contributed by atoms with Crippen LogP contribution >= 0.6 is 0 Å². The van der Waals surface area contributed by atoms with Crippen molar-refractivity contribution >= 4 is 49.4 Å². The number of aromatic nitrogens is 1. The first-order chi connectivity index (χ1) is 26.5. The lowest BCUT2D eigenvalue weighted by Crippen LogP contribution is -2.28. The maximum absolute atomic E-state index is 2.60. The molecule has 0 amide bonds. The highest BCUT2D eigenvalue weighted by Gasteiger charge is 2.38. The molecule has 0 radical (unpaired) electrons. The summed E-state index contributed by atoms with van der Waals surface area (Å²) in [4.78, 5) is 0. The van der Waals surface area contributed by atoms with Crippen LogP contribution in [0, 0.1) is 5.92 Å². The molecular formula is C53H41N. The van der Waals surface area contributed by atoms with Gasteiger partial charge in [0, 0.05) is 27.8 Å². The Kier molecular flexibility index (Phi) is 6.92. The molecule has 1 atom stereocenters. The van der Waals surface area contributed by atoms with E-state index in [2.05, 4.69) is 188 Å². The molecule has 54 heavy (non-hydrogen) atoms. The second-order valence-corrected chi connectivity index (χ2v) is 16.0. The van der Waals surface area contributed by atoms with Crippen molar-refractivity contribution in [2.75, 3.05) is 0 Å². The predicted molar refractivity (Wildman–Crippen MR) is 230 cm³/mol. The van der Waals surface area contributed by atoms with Crippen molar-refractivity contribution < 1.29 is 0 Å². The van der Waals surface area contributed by atoms with Crippen molar-refractivity contribution in [1.29, 1.82) is 0 Å². The summed E-state index contributed by atoms with van der Waals surface area (Å²) in [5.74, 6) is 0.402. The van der Waals surface area contributed by atoms with Gasteiger partial charge in [-0.05, 0) is 134 Å².